The van der Waals surface area contributed by atoms with Crippen molar-refractivity contribution in [2.24, 2.45) is 5.73 Å². The van der Waals surface area contributed by atoms with Crippen LogP contribution in [0.4, 0.5) is 0 Å². The number of likely N-dealkylation sites (tertiary alicyclic amines) is 1. The molecule has 0 amide bonds. The summed E-state index contributed by atoms with van der Waals surface area (Å²) in [5, 5.41) is 9.60. The Morgan fingerprint density at radius 1 is 1.39 bits per heavy atom. The monoisotopic (exact) mass is 312 g/mol. The maximum atomic E-state index is 9.60. The van der Waals surface area contributed by atoms with Crippen LogP contribution in [0.3, 0.4) is 0 Å². The van der Waals surface area contributed by atoms with Gasteiger partial charge in [-0.1, -0.05) is 28.1 Å². The lowest BCUT2D eigenvalue weighted by atomic mass is 9.96. The maximum Gasteiger partial charge on any atom is 0.0564 e. The van der Waals surface area contributed by atoms with Crippen molar-refractivity contribution in [2.45, 2.75) is 38.0 Å². The first-order chi connectivity index (χ1) is 8.58. The molecular weight excluding hydrogens is 292 g/mol. The zero-order valence-corrected chi connectivity index (χ0v) is 12.3. The molecule has 0 radical (unpaired) electrons. The zero-order chi connectivity index (χ0) is 13.1. The van der Waals surface area contributed by atoms with Gasteiger partial charge in [0, 0.05) is 29.6 Å². The van der Waals surface area contributed by atoms with Gasteiger partial charge in [-0.3, -0.25) is 4.90 Å². The zero-order valence-electron chi connectivity index (χ0n) is 10.7. The second-order valence-corrected chi connectivity index (χ2v) is 6.04. The Morgan fingerprint density at radius 2 is 2.06 bits per heavy atom. The fourth-order valence-corrected chi connectivity index (χ4v) is 3.12. The van der Waals surface area contributed by atoms with E-state index in [0.717, 1.165) is 30.4 Å². The molecule has 3 N–H and O–H groups in total. The fourth-order valence-electron chi connectivity index (χ4n) is 2.70. The molecule has 0 aliphatic carbocycles. The predicted octanol–water partition coefficient (Wildman–Crippen LogP) is 2.29. The SMILES string of the molecule is CC(N)C(c1cccc(Br)c1)N1CCC(O)CC1. The third-order valence-corrected chi connectivity index (χ3v) is 4.07. The lowest BCUT2D eigenvalue weighted by Crippen LogP contribution is -2.44. The summed E-state index contributed by atoms with van der Waals surface area (Å²) in [4.78, 5) is 2.39. The standard InChI is InChI=1S/C14H21BrN2O/c1-10(16)14(11-3-2-4-12(15)9-11)17-7-5-13(18)6-8-17/h2-4,9-10,13-14,18H,5-8,16H2,1H3. The van der Waals surface area contributed by atoms with E-state index in [1.807, 2.05) is 12.1 Å². The topological polar surface area (TPSA) is 49.5 Å². The van der Waals surface area contributed by atoms with Gasteiger partial charge < -0.3 is 10.8 Å². The third-order valence-electron chi connectivity index (χ3n) is 3.58. The first-order valence-electron chi connectivity index (χ1n) is 6.51. The minimum atomic E-state index is -0.141. The van der Waals surface area contributed by atoms with Gasteiger partial charge in [0.25, 0.3) is 0 Å². The normalized spacial score (nSPS) is 21.8. The summed E-state index contributed by atoms with van der Waals surface area (Å²) in [5.41, 5.74) is 7.41. The van der Waals surface area contributed by atoms with Crippen molar-refractivity contribution in [1.82, 2.24) is 4.90 Å². The molecule has 1 aliphatic rings. The van der Waals surface area contributed by atoms with Crippen molar-refractivity contribution in [3.05, 3.63) is 34.3 Å². The van der Waals surface area contributed by atoms with Gasteiger partial charge >= 0.3 is 0 Å². The van der Waals surface area contributed by atoms with Gasteiger partial charge in [0.05, 0.1) is 6.10 Å². The van der Waals surface area contributed by atoms with E-state index in [9.17, 15) is 5.11 Å². The number of nitrogens with zero attached hydrogens (tertiary/aromatic N) is 1. The lowest BCUT2D eigenvalue weighted by molar-refractivity contribution is 0.0548. The van der Waals surface area contributed by atoms with Crippen LogP contribution in [-0.4, -0.2) is 35.2 Å². The number of rotatable bonds is 3. The number of hydrogen-bond donors (Lipinski definition) is 2. The highest BCUT2D eigenvalue weighted by Gasteiger charge is 2.27. The molecule has 1 aromatic rings. The minimum absolute atomic E-state index is 0.0783. The molecule has 3 nitrogen and oxygen atoms in total. The van der Waals surface area contributed by atoms with Gasteiger partial charge in [-0.15, -0.1) is 0 Å². The maximum absolute atomic E-state index is 9.60. The van der Waals surface area contributed by atoms with Crippen LogP contribution in [0.25, 0.3) is 0 Å². The van der Waals surface area contributed by atoms with E-state index >= 15 is 0 Å². The molecule has 2 rings (SSSR count). The summed E-state index contributed by atoms with van der Waals surface area (Å²) in [6.07, 6.45) is 1.55. The largest absolute Gasteiger partial charge is 0.393 e. The molecular formula is C14H21BrN2O. The highest BCUT2D eigenvalue weighted by atomic mass is 79.9. The van der Waals surface area contributed by atoms with Crippen LogP contribution in [0.5, 0.6) is 0 Å². The van der Waals surface area contributed by atoms with E-state index in [2.05, 4.69) is 39.9 Å². The molecule has 2 atom stereocenters. The fraction of sp³-hybridized carbons (Fsp3) is 0.571. The Kier molecular flexibility index (Phi) is 4.78. The Morgan fingerprint density at radius 3 is 2.61 bits per heavy atom. The van der Waals surface area contributed by atoms with Gasteiger partial charge in [0.1, 0.15) is 0 Å². The minimum Gasteiger partial charge on any atom is -0.393 e. The van der Waals surface area contributed by atoms with Crippen LogP contribution in [0, 0.1) is 0 Å². The van der Waals surface area contributed by atoms with E-state index in [1.165, 1.54) is 5.56 Å². The van der Waals surface area contributed by atoms with Crippen LogP contribution in [0.2, 0.25) is 0 Å². The number of hydrogen-bond acceptors (Lipinski definition) is 3. The second kappa shape index (κ2) is 6.15. The Labute approximate surface area is 117 Å². The molecule has 2 unspecified atom stereocenters. The van der Waals surface area contributed by atoms with Gasteiger partial charge in [0.2, 0.25) is 0 Å². The van der Waals surface area contributed by atoms with Crippen molar-refractivity contribution < 1.29 is 5.11 Å². The van der Waals surface area contributed by atoms with Crippen molar-refractivity contribution in [3.63, 3.8) is 0 Å². The molecule has 1 saturated heterocycles. The highest BCUT2D eigenvalue weighted by Crippen LogP contribution is 2.28. The molecule has 1 fully saturated rings. The second-order valence-electron chi connectivity index (χ2n) is 5.13. The van der Waals surface area contributed by atoms with Crippen LogP contribution in [0.15, 0.2) is 28.7 Å². The first-order valence-corrected chi connectivity index (χ1v) is 7.30. The summed E-state index contributed by atoms with van der Waals surface area (Å²) in [6.45, 7) is 3.89. The number of benzene rings is 1. The molecule has 1 heterocycles. The molecule has 0 bridgehead atoms. The van der Waals surface area contributed by atoms with Crippen molar-refractivity contribution in [2.75, 3.05) is 13.1 Å². The molecule has 100 valence electrons. The van der Waals surface area contributed by atoms with E-state index in [-0.39, 0.29) is 18.2 Å². The average Bonchev–Trinajstić information content (AvgIpc) is 2.32. The molecule has 18 heavy (non-hydrogen) atoms. The first kappa shape index (κ1) is 14.0. The Hall–Kier alpha value is -0.420. The molecule has 0 spiro atoms. The smallest absolute Gasteiger partial charge is 0.0564 e. The van der Waals surface area contributed by atoms with E-state index < -0.39 is 0 Å². The molecule has 0 aromatic heterocycles. The molecule has 1 aliphatic heterocycles. The average molecular weight is 313 g/mol. The Bertz CT molecular complexity index is 389. The summed E-state index contributed by atoms with van der Waals surface area (Å²) in [5.74, 6) is 0. The van der Waals surface area contributed by atoms with Crippen LogP contribution in [0.1, 0.15) is 31.4 Å². The number of aliphatic hydroxyl groups is 1. The number of nitrogens with two attached hydrogens (primary N) is 1. The lowest BCUT2D eigenvalue weighted by Gasteiger charge is -2.38. The van der Waals surface area contributed by atoms with Crippen molar-refractivity contribution >= 4 is 15.9 Å². The number of halogens is 1. The van der Waals surface area contributed by atoms with Gasteiger partial charge in [-0.05, 0) is 37.5 Å². The summed E-state index contributed by atoms with van der Waals surface area (Å²) in [6, 6.07) is 8.66. The number of piperidine rings is 1. The number of aliphatic hydroxyl groups excluding tert-OH is 1. The van der Waals surface area contributed by atoms with E-state index in [4.69, 9.17) is 5.73 Å². The molecule has 1 aromatic carbocycles. The van der Waals surface area contributed by atoms with Crippen molar-refractivity contribution in [1.29, 1.82) is 0 Å². The summed E-state index contributed by atoms with van der Waals surface area (Å²) in [7, 11) is 0. The molecule has 4 heteroatoms. The summed E-state index contributed by atoms with van der Waals surface area (Å²) >= 11 is 3.51. The van der Waals surface area contributed by atoms with E-state index in [1.54, 1.807) is 0 Å². The summed E-state index contributed by atoms with van der Waals surface area (Å²) < 4.78 is 1.09. The predicted molar refractivity (Wildman–Crippen MR) is 77.3 cm³/mol. The quantitative estimate of drug-likeness (QED) is 0.900. The van der Waals surface area contributed by atoms with Crippen LogP contribution in [-0.2, 0) is 0 Å². The third kappa shape index (κ3) is 3.32. The van der Waals surface area contributed by atoms with Crippen molar-refractivity contribution in [3.8, 4) is 0 Å². The Balaban J connectivity index is 2.18. The van der Waals surface area contributed by atoms with Crippen LogP contribution < -0.4 is 5.73 Å². The van der Waals surface area contributed by atoms with E-state index in [0.29, 0.717) is 0 Å². The van der Waals surface area contributed by atoms with Gasteiger partial charge in [0.15, 0.2) is 0 Å². The highest BCUT2D eigenvalue weighted by molar-refractivity contribution is 9.10. The molecule has 0 saturated carbocycles. The van der Waals surface area contributed by atoms with Gasteiger partial charge in [-0.25, -0.2) is 0 Å². The van der Waals surface area contributed by atoms with Crippen LogP contribution >= 0.6 is 15.9 Å². The van der Waals surface area contributed by atoms with Gasteiger partial charge in [-0.2, -0.15) is 0 Å².